The first-order valence-electron chi connectivity index (χ1n) is 9.84. The Morgan fingerprint density at radius 1 is 0.833 bits per heavy atom. The maximum atomic E-state index is 12.8. The average molecular weight is 402 g/mol. The van der Waals surface area contributed by atoms with Gasteiger partial charge in [-0.15, -0.1) is 0 Å². The summed E-state index contributed by atoms with van der Waals surface area (Å²) in [5, 5.41) is 3.01. The highest BCUT2D eigenvalue weighted by Gasteiger charge is 2.23. The first kappa shape index (κ1) is 21.1. The monoisotopic (exact) mass is 402 g/mol. The third kappa shape index (κ3) is 5.26. The molecule has 1 atom stereocenters. The van der Waals surface area contributed by atoms with Gasteiger partial charge in [0.05, 0.1) is 11.6 Å². The number of carbonyl (C=O) groups is 2. The Balaban J connectivity index is 1.73. The molecule has 1 amide bonds. The molecule has 3 rings (SSSR count). The molecule has 0 unspecified atom stereocenters. The summed E-state index contributed by atoms with van der Waals surface area (Å²) in [4.78, 5) is 27.3. The van der Waals surface area contributed by atoms with E-state index in [2.05, 4.69) is 5.32 Å². The molecule has 0 aliphatic rings. The molecule has 154 valence electrons. The molecule has 0 saturated heterocycles. The molecule has 5 nitrogen and oxygen atoms in total. The third-order valence-corrected chi connectivity index (χ3v) is 4.80. The fourth-order valence-corrected chi connectivity index (χ4v) is 3.10. The fourth-order valence-electron chi connectivity index (χ4n) is 3.10. The Morgan fingerprint density at radius 3 is 1.93 bits per heavy atom. The second-order valence-corrected chi connectivity index (χ2v) is 7.26. The van der Waals surface area contributed by atoms with E-state index in [1.54, 1.807) is 25.1 Å². The zero-order valence-electron chi connectivity index (χ0n) is 17.4. The highest BCUT2D eigenvalue weighted by atomic mass is 16.5. The first-order chi connectivity index (χ1) is 14.5. The molecule has 3 aromatic carbocycles. The standard InChI is InChI=1S/C25H26N2O3/c1-18(30-25(29)21-15-10-16-22(17-21)27(2)3)24(28)26-23(19-11-6-4-7-12-19)20-13-8-5-9-14-20/h4-18,23H,1-3H3,(H,26,28)/t18-/m1/s1. The van der Waals surface area contributed by atoms with Crippen LogP contribution in [0, 0.1) is 0 Å². The molecule has 0 fully saturated rings. The summed E-state index contributed by atoms with van der Waals surface area (Å²) >= 11 is 0. The van der Waals surface area contributed by atoms with E-state index < -0.39 is 12.1 Å². The average Bonchev–Trinajstić information content (AvgIpc) is 2.78. The third-order valence-electron chi connectivity index (χ3n) is 4.80. The molecule has 30 heavy (non-hydrogen) atoms. The summed E-state index contributed by atoms with van der Waals surface area (Å²) in [5.74, 6) is -0.887. The van der Waals surface area contributed by atoms with Crippen molar-refractivity contribution in [3.05, 3.63) is 102 Å². The van der Waals surface area contributed by atoms with Gasteiger partial charge in [0.2, 0.25) is 0 Å². The molecule has 0 radical (unpaired) electrons. The Kier molecular flexibility index (Phi) is 6.86. The molecule has 0 aliphatic heterocycles. The van der Waals surface area contributed by atoms with Crippen molar-refractivity contribution < 1.29 is 14.3 Å². The summed E-state index contributed by atoms with van der Waals surface area (Å²) in [7, 11) is 3.79. The van der Waals surface area contributed by atoms with Crippen molar-refractivity contribution in [2.75, 3.05) is 19.0 Å². The molecule has 0 aromatic heterocycles. The van der Waals surface area contributed by atoms with Crippen molar-refractivity contribution in [3.8, 4) is 0 Å². The minimum absolute atomic E-state index is 0.335. The van der Waals surface area contributed by atoms with Crippen LogP contribution in [-0.2, 0) is 9.53 Å². The summed E-state index contributed by atoms with van der Waals surface area (Å²) in [5.41, 5.74) is 3.20. The first-order valence-corrected chi connectivity index (χ1v) is 9.84. The number of rotatable bonds is 7. The summed E-state index contributed by atoms with van der Waals surface area (Å²) < 4.78 is 5.44. The van der Waals surface area contributed by atoms with Gasteiger partial charge < -0.3 is 15.0 Å². The van der Waals surface area contributed by atoms with Crippen molar-refractivity contribution in [2.24, 2.45) is 0 Å². The minimum atomic E-state index is -0.935. The molecule has 0 heterocycles. The predicted octanol–water partition coefficient (Wildman–Crippen LogP) is 4.20. The van der Waals surface area contributed by atoms with Crippen LogP contribution in [0.5, 0.6) is 0 Å². The molecule has 0 bridgehead atoms. The second kappa shape index (κ2) is 9.74. The van der Waals surface area contributed by atoms with Crippen LogP contribution >= 0.6 is 0 Å². The van der Waals surface area contributed by atoms with E-state index in [1.165, 1.54) is 0 Å². The van der Waals surface area contributed by atoms with Crippen LogP contribution in [0.3, 0.4) is 0 Å². The number of nitrogens with one attached hydrogen (secondary N) is 1. The Labute approximate surface area is 177 Å². The number of amides is 1. The lowest BCUT2D eigenvalue weighted by atomic mass is 9.98. The van der Waals surface area contributed by atoms with Crippen molar-refractivity contribution in [3.63, 3.8) is 0 Å². The van der Waals surface area contributed by atoms with E-state index >= 15 is 0 Å². The lowest BCUT2D eigenvalue weighted by Crippen LogP contribution is -2.38. The van der Waals surface area contributed by atoms with Crippen LogP contribution in [0.2, 0.25) is 0 Å². The number of esters is 1. The SMILES string of the molecule is C[C@@H](OC(=O)c1cccc(N(C)C)c1)C(=O)NC(c1ccccc1)c1ccccc1. The highest BCUT2D eigenvalue weighted by molar-refractivity contribution is 5.93. The molecule has 1 N–H and O–H groups in total. The Hall–Kier alpha value is -3.60. The summed E-state index contributed by atoms with van der Waals surface area (Å²) in [6.45, 7) is 1.58. The van der Waals surface area contributed by atoms with Gasteiger partial charge in [0.1, 0.15) is 0 Å². The van der Waals surface area contributed by atoms with Crippen LogP contribution in [0.4, 0.5) is 5.69 Å². The number of nitrogens with zero attached hydrogens (tertiary/aromatic N) is 1. The zero-order valence-corrected chi connectivity index (χ0v) is 17.4. The molecular formula is C25H26N2O3. The number of benzene rings is 3. The van der Waals surface area contributed by atoms with E-state index in [9.17, 15) is 9.59 Å². The number of hydrogen-bond donors (Lipinski definition) is 1. The van der Waals surface area contributed by atoms with E-state index in [4.69, 9.17) is 4.74 Å². The predicted molar refractivity (Wildman–Crippen MR) is 119 cm³/mol. The van der Waals surface area contributed by atoms with Crippen molar-refractivity contribution in [1.29, 1.82) is 0 Å². The minimum Gasteiger partial charge on any atom is -0.449 e. The molecule has 5 heteroatoms. The quantitative estimate of drug-likeness (QED) is 0.602. The summed E-state index contributed by atoms with van der Waals surface area (Å²) in [6.07, 6.45) is -0.935. The van der Waals surface area contributed by atoms with E-state index in [-0.39, 0.29) is 11.9 Å². The molecule has 3 aromatic rings. The Bertz CT molecular complexity index is 948. The van der Waals surface area contributed by atoms with Gasteiger partial charge >= 0.3 is 5.97 Å². The normalized spacial score (nSPS) is 11.6. The smallest absolute Gasteiger partial charge is 0.338 e. The van der Waals surface area contributed by atoms with Gasteiger partial charge in [-0.05, 0) is 36.2 Å². The Morgan fingerprint density at radius 2 is 1.40 bits per heavy atom. The maximum absolute atomic E-state index is 12.8. The van der Waals surface area contributed by atoms with Crippen LogP contribution in [-0.4, -0.2) is 32.1 Å². The van der Waals surface area contributed by atoms with Gasteiger partial charge in [-0.2, -0.15) is 0 Å². The topological polar surface area (TPSA) is 58.6 Å². The molecule has 0 aliphatic carbocycles. The highest BCUT2D eigenvalue weighted by Crippen LogP contribution is 2.22. The number of ether oxygens (including phenoxy) is 1. The zero-order chi connectivity index (χ0) is 21.5. The number of carbonyl (C=O) groups excluding carboxylic acids is 2. The van der Waals surface area contributed by atoms with Crippen LogP contribution in [0.25, 0.3) is 0 Å². The van der Waals surface area contributed by atoms with Crippen molar-refractivity contribution in [1.82, 2.24) is 5.32 Å². The van der Waals surface area contributed by atoms with Gasteiger partial charge in [0.15, 0.2) is 6.10 Å². The summed E-state index contributed by atoms with van der Waals surface area (Å²) in [6, 6.07) is 26.2. The van der Waals surface area contributed by atoms with Crippen LogP contribution in [0.15, 0.2) is 84.9 Å². The van der Waals surface area contributed by atoms with E-state index in [1.807, 2.05) is 85.7 Å². The van der Waals surface area contributed by atoms with Gasteiger partial charge in [0, 0.05) is 19.8 Å². The maximum Gasteiger partial charge on any atom is 0.338 e. The van der Waals surface area contributed by atoms with E-state index in [0.29, 0.717) is 5.56 Å². The number of hydrogen-bond acceptors (Lipinski definition) is 4. The number of anilines is 1. The second-order valence-electron chi connectivity index (χ2n) is 7.26. The van der Waals surface area contributed by atoms with Crippen LogP contribution in [0.1, 0.15) is 34.5 Å². The fraction of sp³-hybridized carbons (Fsp3) is 0.200. The van der Waals surface area contributed by atoms with Crippen LogP contribution < -0.4 is 10.2 Å². The van der Waals surface area contributed by atoms with Gasteiger partial charge in [-0.1, -0.05) is 66.7 Å². The van der Waals surface area contributed by atoms with Gasteiger partial charge in [-0.25, -0.2) is 4.79 Å². The van der Waals surface area contributed by atoms with E-state index in [0.717, 1.165) is 16.8 Å². The molecule has 0 spiro atoms. The largest absolute Gasteiger partial charge is 0.449 e. The van der Waals surface area contributed by atoms with Crippen molar-refractivity contribution >= 4 is 17.6 Å². The molecular weight excluding hydrogens is 376 g/mol. The van der Waals surface area contributed by atoms with Gasteiger partial charge in [0.25, 0.3) is 5.91 Å². The lowest BCUT2D eigenvalue weighted by molar-refractivity contribution is -0.129. The van der Waals surface area contributed by atoms with Gasteiger partial charge in [-0.3, -0.25) is 4.79 Å². The van der Waals surface area contributed by atoms with Crippen molar-refractivity contribution in [2.45, 2.75) is 19.1 Å². The lowest BCUT2D eigenvalue weighted by Gasteiger charge is -2.22. The molecule has 0 saturated carbocycles.